The van der Waals surface area contributed by atoms with Crippen molar-refractivity contribution in [1.29, 1.82) is 0 Å². The number of nitrogens with zero attached hydrogens (tertiary/aromatic N) is 2. The molecule has 3 aliphatic carbocycles. The van der Waals surface area contributed by atoms with Crippen LogP contribution in [-0.4, -0.2) is 75.8 Å². The number of aromatic hydroxyl groups is 1. The zero-order chi connectivity index (χ0) is 25.8. The molecular weight excluding hydrogens is 450 g/mol. The Labute approximate surface area is 204 Å². The van der Waals surface area contributed by atoms with Crippen LogP contribution in [0.2, 0.25) is 0 Å². The molecule has 4 rings (SSSR count). The van der Waals surface area contributed by atoms with E-state index in [1.807, 2.05) is 6.07 Å². The first-order valence-electron chi connectivity index (χ1n) is 12.0. The van der Waals surface area contributed by atoms with Gasteiger partial charge in [-0.25, -0.2) is 0 Å². The minimum absolute atomic E-state index is 0.102. The first kappa shape index (κ1) is 24.9. The Balaban J connectivity index is 1.85. The molecule has 35 heavy (non-hydrogen) atoms. The minimum Gasteiger partial charge on any atom is -0.510 e. The highest BCUT2D eigenvalue weighted by Crippen LogP contribution is 2.50. The fraction of sp³-hybridized carbons (Fsp3) is 0.500. The molecule has 1 aromatic rings. The van der Waals surface area contributed by atoms with Crippen molar-refractivity contribution in [2.45, 2.75) is 39.3 Å². The van der Waals surface area contributed by atoms with Gasteiger partial charge in [-0.3, -0.25) is 24.2 Å². The van der Waals surface area contributed by atoms with Gasteiger partial charge in [0.25, 0.3) is 5.91 Å². The van der Waals surface area contributed by atoms with Gasteiger partial charge in [0.15, 0.2) is 11.6 Å². The molecule has 0 radical (unpaired) electrons. The number of fused-ring (bicyclic) bond motifs is 3. The second-order valence-electron chi connectivity index (χ2n) is 9.86. The lowest BCUT2D eigenvalue weighted by Crippen LogP contribution is -2.55. The number of phenols is 1. The molecule has 0 spiro atoms. The molecule has 9 nitrogen and oxygen atoms in total. The van der Waals surface area contributed by atoms with E-state index in [4.69, 9.17) is 5.73 Å². The van der Waals surface area contributed by atoms with Gasteiger partial charge in [-0.05, 0) is 69.1 Å². The Bertz CT molecular complexity index is 1160. The maximum atomic E-state index is 13.7. The number of likely N-dealkylation sites (N-methyl/N-ethyl adjacent to an activating group) is 1. The molecule has 0 heterocycles. The van der Waals surface area contributed by atoms with E-state index in [2.05, 4.69) is 18.7 Å². The average Bonchev–Trinajstić information content (AvgIpc) is 2.77. The molecule has 4 atom stereocenters. The number of aliphatic hydroxyl groups is 2. The van der Waals surface area contributed by atoms with Gasteiger partial charge in [0.1, 0.15) is 22.8 Å². The molecule has 2 unspecified atom stereocenters. The van der Waals surface area contributed by atoms with Crippen LogP contribution in [0, 0.1) is 17.8 Å². The van der Waals surface area contributed by atoms with Crippen LogP contribution >= 0.6 is 0 Å². The molecule has 0 saturated heterocycles. The van der Waals surface area contributed by atoms with Gasteiger partial charge in [0, 0.05) is 12.1 Å². The summed E-state index contributed by atoms with van der Waals surface area (Å²) in [4.78, 5) is 42.9. The highest BCUT2D eigenvalue weighted by Gasteiger charge is 2.55. The predicted molar refractivity (Wildman–Crippen MR) is 129 cm³/mol. The molecule has 1 saturated carbocycles. The standard InChI is InChI=1S/C26H33N3O6/c1-5-29(6-2)11-12-7-8-16(30)18-14(12)9-13-10-15-19(23(32)17(13)22(18)31)24(33)20(26(27)35)25(34)21(15)28(3)4/h7-8,13,15,19,21,30-31,34H,5-6,9-11H2,1-4H3,(H2,27,35)/t13?,15-,19?,21-/m1/s1. The third kappa shape index (κ3) is 3.83. The maximum Gasteiger partial charge on any atom is 0.255 e. The van der Waals surface area contributed by atoms with E-state index in [0.717, 1.165) is 24.2 Å². The number of nitrogens with two attached hydrogens (primary N) is 1. The van der Waals surface area contributed by atoms with E-state index >= 15 is 0 Å². The summed E-state index contributed by atoms with van der Waals surface area (Å²) in [6.45, 7) is 6.44. The van der Waals surface area contributed by atoms with Crippen LogP contribution in [0.5, 0.6) is 5.75 Å². The van der Waals surface area contributed by atoms with Crippen LogP contribution in [0.4, 0.5) is 0 Å². The zero-order valence-electron chi connectivity index (χ0n) is 20.5. The summed E-state index contributed by atoms with van der Waals surface area (Å²) in [6.07, 6.45) is 0.760. The van der Waals surface area contributed by atoms with Crippen LogP contribution in [0.1, 0.15) is 37.0 Å². The van der Waals surface area contributed by atoms with Gasteiger partial charge in [0.05, 0.1) is 17.5 Å². The molecule has 0 aliphatic heterocycles. The Hall–Kier alpha value is -3.17. The number of hydrogen-bond acceptors (Lipinski definition) is 8. The van der Waals surface area contributed by atoms with Crippen LogP contribution in [-0.2, 0) is 27.3 Å². The normalized spacial score (nSPS) is 26.2. The number of carbonyl (C=O) groups excluding carboxylic acids is 3. The van der Waals surface area contributed by atoms with Crippen LogP contribution in [0.15, 0.2) is 29.0 Å². The first-order chi connectivity index (χ1) is 16.5. The summed E-state index contributed by atoms with van der Waals surface area (Å²) < 4.78 is 0. The van der Waals surface area contributed by atoms with Crippen LogP contribution in [0.25, 0.3) is 5.76 Å². The topological polar surface area (TPSA) is 144 Å². The second kappa shape index (κ2) is 9.13. The predicted octanol–water partition coefficient (Wildman–Crippen LogP) is 1.69. The summed E-state index contributed by atoms with van der Waals surface area (Å²) in [5.74, 6) is -5.54. The third-order valence-corrected chi connectivity index (χ3v) is 7.83. The smallest absolute Gasteiger partial charge is 0.255 e. The van der Waals surface area contributed by atoms with Gasteiger partial charge < -0.3 is 21.1 Å². The average molecular weight is 484 g/mol. The largest absolute Gasteiger partial charge is 0.510 e. The zero-order valence-corrected chi connectivity index (χ0v) is 20.5. The van der Waals surface area contributed by atoms with Crippen molar-refractivity contribution < 1.29 is 29.7 Å². The molecule has 0 aromatic heterocycles. The highest BCUT2D eigenvalue weighted by atomic mass is 16.3. The van der Waals surface area contributed by atoms with E-state index in [0.29, 0.717) is 19.4 Å². The number of Topliss-reactive ketones (excluding diaryl/α,β-unsaturated/α-hetero) is 2. The monoisotopic (exact) mass is 483 g/mol. The van der Waals surface area contributed by atoms with Gasteiger partial charge in [-0.2, -0.15) is 0 Å². The highest BCUT2D eigenvalue weighted by molar-refractivity contribution is 6.28. The molecule has 5 N–H and O–H groups in total. The van der Waals surface area contributed by atoms with Crippen molar-refractivity contribution >= 4 is 23.2 Å². The summed E-state index contributed by atoms with van der Waals surface area (Å²) in [7, 11) is 3.41. The first-order valence-corrected chi connectivity index (χ1v) is 12.0. The van der Waals surface area contributed by atoms with Gasteiger partial charge in [0.2, 0.25) is 0 Å². The van der Waals surface area contributed by atoms with Crippen molar-refractivity contribution in [3.8, 4) is 5.75 Å². The van der Waals surface area contributed by atoms with Crippen molar-refractivity contribution in [2.75, 3.05) is 27.2 Å². The summed E-state index contributed by atoms with van der Waals surface area (Å²) in [5.41, 5.74) is 6.92. The van der Waals surface area contributed by atoms with Gasteiger partial charge >= 0.3 is 0 Å². The fourth-order valence-electron chi connectivity index (χ4n) is 6.17. The molecule has 188 valence electrons. The molecule has 9 heteroatoms. The van der Waals surface area contributed by atoms with Crippen molar-refractivity contribution in [2.24, 2.45) is 23.5 Å². The number of allylic oxidation sites excluding steroid dienone is 1. The molecule has 1 fully saturated rings. The second-order valence-corrected chi connectivity index (χ2v) is 9.86. The Morgan fingerprint density at radius 1 is 1.09 bits per heavy atom. The van der Waals surface area contributed by atoms with Crippen molar-refractivity contribution in [3.63, 3.8) is 0 Å². The molecule has 1 amide bonds. The van der Waals surface area contributed by atoms with E-state index in [1.165, 1.54) is 6.07 Å². The SMILES string of the molecule is CCN(CC)Cc1ccc(O)c2c1CC1C[C@@H]3C(C(=O)C(C(N)=O)=C(O)[C@@H]3N(C)C)C(=O)C1=C2O. The number of hydrogen-bond donors (Lipinski definition) is 4. The summed E-state index contributed by atoms with van der Waals surface area (Å²) in [6, 6.07) is 2.62. The van der Waals surface area contributed by atoms with Crippen molar-refractivity contribution in [1.82, 2.24) is 9.80 Å². The number of benzene rings is 1. The molecule has 1 aromatic carbocycles. The lowest BCUT2D eigenvalue weighted by Gasteiger charge is -2.46. The maximum absolute atomic E-state index is 13.7. The number of phenolic OH excluding ortho intramolecular Hbond substituents is 1. The molecule has 0 bridgehead atoms. The lowest BCUT2D eigenvalue weighted by molar-refractivity contribution is -0.136. The lowest BCUT2D eigenvalue weighted by atomic mass is 9.59. The van der Waals surface area contributed by atoms with Crippen LogP contribution in [0.3, 0.4) is 0 Å². The Morgan fingerprint density at radius 3 is 2.31 bits per heavy atom. The summed E-state index contributed by atoms with van der Waals surface area (Å²) >= 11 is 0. The van der Waals surface area contributed by atoms with Gasteiger partial charge in [-0.15, -0.1) is 0 Å². The quantitative estimate of drug-likeness (QED) is 0.353. The number of aliphatic hydroxyl groups excluding tert-OH is 2. The minimum atomic E-state index is -1.24. The van der Waals surface area contributed by atoms with E-state index in [9.17, 15) is 29.7 Å². The number of rotatable bonds is 6. The van der Waals surface area contributed by atoms with Crippen molar-refractivity contribution in [3.05, 3.63) is 45.7 Å². The summed E-state index contributed by atoms with van der Waals surface area (Å²) in [5, 5.41) is 32.7. The third-order valence-electron chi connectivity index (χ3n) is 7.83. The van der Waals surface area contributed by atoms with Crippen LogP contribution < -0.4 is 5.73 Å². The van der Waals surface area contributed by atoms with E-state index in [1.54, 1.807) is 19.0 Å². The Kier molecular flexibility index (Phi) is 6.50. The van der Waals surface area contributed by atoms with Gasteiger partial charge in [-0.1, -0.05) is 19.9 Å². The van der Waals surface area contributed by atoms with E-state index < -0.39 is 52.6 Å². The number of carbonyl (C=O) groups is 3. The fourth-order valence-corrected chi connectivity index (χ4v) is 6.17. The van der Waals surface area contributed by atoms with E-state index in [-0.39, 0.29) is 22.6 Å². The number of primary amides is 1. The number of amides is 1. The molecular formula is C26H33N3O6. The number of ketones is 2. The Morgan fingerprint density at radius 2 is 1.74 bits per heavy atom. The molecule has 3 aliphatic rings.